The smallest absolute Gasteiger partial charge is 0.299 e. The third kappa shape index (κ3) is 2.80. The summed E-state index contributed by atoms with van der Waals surface area (Å²) in [5.41, 5.74) is -2.41. The van der Waals surface area contributed by atoms with Gasteiger partial charge in [0.1, 0.15) is 5.82 Å². The molecule has 0 saturated heterocycles. The predicted molar refractivity (Wildman–Crippen MR) is 60.5 cm³/mol. The highest BCUT2D eigenvalue weighted by Crippen LogP contribution is 2.40. The Morgan fingerprint density at radius 3 is 2.28 bits per heavy atom. The fourth-order valence-electron chi connectivity index (χ4n) is 1.81. The monoisotopic (exact) mass is 264 g/mol. The van der Waals surface area contributed by atoms with Crippen molar-refractivity contribution in [1.29, 1.82) is 0 Å². The largest absolute Gasteiger partial charge is 0.412 e. The molecule has 1 rings (SSSR count). The lowest BCUT2D eigenvalue weighted by atomic mass is 9.90. The molecule has 6 heteroatoms. The van der Waals surface area contributed by atoms with Gasteiger partial charge in [-0.2, -0.15) is 13.2 Å². The SMILES string of the molecule is CCCNC(CC)(c1ccc(F)cn1)C(F)(F)F. The lowest BCUT2D eigenvalue weighted by molar-refractivity contribution is -0.203. The average Bonchev–Trinajstić information content (AvgIpc) is 2.31. The molecule has 0 fully saturated rings. The summed E-state index contributed by atoms with van der Waals surface area (Å²) in [6, 6.07) is 2.07. The van der Waals surface area contributed by atoms with Crippen LogP contribution in [0.2, 0.25) is 0 Å². The van der Waals surface area contributed by atoms with Crippen LogP contribution in [0.25, 0.3) is 0 Å². The highest BCUT2D eigenvalue weighted by Gasteiger charge is 2.55. The summed E-state index contributed by atoms with van der Waals surface area (Å²) in [4.78, 5) is 3.58. The molecule has 102 valence electrons. The topological polar surface area (TPSA) is 24.9 Å². The Bertz CT molecular complexity index is 375. The van der Waals surface area contributed by atoms with Gasteiger partial charge in [-0.3, -0.25) is 10.3 Å². The molecule has 0 saturated carbocycles. The van der Waals surface area contributed by atoms with E-state index in [0.29, 0.717) is 6.42 Å². The minimum atomic E-state index is -4.48. The summed E-state index contributed by atoms with van der Waals surface area (Å²) >= 11 is 0. The lowest BCUT2D eigenvalue weighted by Gasteiger charge is -2.35. The van der Waals surface area contributed by atoms with Gasteiger partial charge in [0.15, 0.2) is 5.54 Å². The van der Waals surface area contributed by atoms with Crippen LogP contribution in [0, 0.1) is 5.82 Å². The van der Waals surface area contributed by atoms with Gasteiger partial charge in [-0.05, 0) is 31.5 Å². The van der Waals surface area contributed by atoms with E-state index >= 15 is 0 Å². The van der Waals surface area contributed by atoms with Crippen LogP contribution in [0.5, 0.6) is 0 Å². The quantitative estimate of drug-likeness (QED) is 0.825. The van der Waals surface area contributed by atoms with Crippen molar-refractivity contribution in [2.45, 2.75) is 38.4 Å². The van der Waals surface area contributed by atoms with Gasteiger partial charge in [-0.25, -0.2) is 4.39 Å². The van der Waals surface area contributed by atoms with E-state index in [4.69, 9.17) is 0 Å². The van der Waals surface area contributed by atoms with E-state index in [1.54, 1.807) is 6.92 Å². The molecule has 1 atom stereocenters. The first-order valence-electron chi connectivity index (χ1n) is 5.81. The Hall–Kier alpha value is -1.17. The molecule has 0 radical (unpaired) electrons. The van der Waals surface area contributed by atoms with Gasteiger partial charge in [0.05, 0.1) is 11.9 Å². The van der Waals surface area contributed by atoms with Crippen molar-refractivity contribution in [3.63, 3.8) is 0 Å². The van der Waals surface area contributed by atoms with Gasteiger partial charge < -0.3 is 0 Å². The summed E-state index contributed by atoms with van der Waals surface area (Å²) in [5.74, 6) is -0.651. The second-order valence-corrected chi connectivity index (χ2v) is 4.05. The van der Waals surface area contributed by atoms with E-state index in [9.17, 15) is 17.6 Å². The van der Waals surface area contributed by atoms with Crippen molar-refractivity contribution in [2.75, 3.05) is 6.54 Å². The van der Waals surface area contributed by atoms with Crippen LogP contribution in [0.1, 0.15) is 32.4 Å². The first-order valence-corrected chi connectivity index (χ1v) is 5.81. The molecule has 1 N–H and O–H groups in total. The molecule has 0 aliphatic heterocycles. The van der Waals surface area contributed by atoms with Gasteiger partial charge in [0.25, 0.3) is 0 Å². The standard InChI is InChI=1S/C12H16F4N2/c1-3-7-18-11(4-2,12(14,15)16)10-6-5-9(13)8-17-10/h5-6,8,18H,3-4,7H2,1-2H3. The molecule has 18 heavy (non-hydrogen) atoms. The Labute approximate surface area is 103 Å². The van der Waals surface area contributed by atoms with Crippen LogP contribution >= 0.6 is 0 Å². The molecule has 1 aromatic heterocycles. The number of rotatable bonds is 5. The van der Waals surface area contributed by atoms with Gasteiger partial charge >= 0.3 is 6.18 Å². The van der Waals surface area contributed by atoms with E-state index in [2.05, 4.69) is 10.3 Å². The van der Waals surface area contributed by atoms with Crippen LogP contribution in [0.15, 0.2) is 18.3 Å². The Morgan fingerprint density at radius 1 is 1.22 bits per heavy atom. The molecular weight excluding hydrogens is 248 g/mol. The zero-order valence-electron chi connectivity index (χ0n) is 10.3. The number of hydrogen-bond donors (Lipinski definition) is 1. The highest BCUT2D eigenvalue weighted by molar-refractivity contribution is 5.19. The van der Waals surface area contributed by atoms with Gasteiger partial charge in [-0.1, -0.05) is 13.8 Å². The first kappa shape index (κ1) is 14.9. The number of hydrogen-bond acceptors (Lipinski definition) is 2. The van der Waals surface area contributed by atoms with Crippen LogP contribution in [0.4, 0.5) is 17.6 Å². The maximum absolute atomic E-state index is 13.3. The first-order chi connectivity index (χ1) is 8.37. The molecule has 1 aromatic rings. The fourth-order valence-corrected chi connectivity index (χ4v) is 1.81. The number of nitrogens with zero attached hydrogens (tertiary/aromatic N) is 1. The van der Waals surface area contributed by atoms with Gasteiger partial charge in [-0.15, -0.1) is 0 Å². The molecule has 0 spiro atoms. The van der Waals surface area contributed by atoms with E-state index in [1.165, 1.54) is 6.92 Å². The van der Waals surface area contributed by atoms with Crippen LogP contribution in [-0.2, 0) is 5.54 Å². The normalized spacial score (nSPS) is 15.4. The molecule has 0 amide bonds. The summed E-state index contributed by atoms with van der Waals surface area (Å²) in [6.07, 6.45) is -3.31. The van der Waals surface area contributed by atoms with Gasteiger partial charge in [0.2, 0.25) is 0 Å². The fraction of sp³-hybridized carbons (Fsp3) is 0.583. The molecule has 0 aromatic carbocycles. The Morgan fingerprint density at radius 2 is 1.89 bits per heavy atom. The van der Waals surface area contributed by atoms with E-state index in [1.807, 2.05) is 0 Å². The summed E-state index contributed by atoms with van der Waals surface area (Å²) < 4.78 is 52.6. The highest BCUT2D eigenvalue weighted by atomic mass is 19.4. The minimum absolute atomic E-state index is 0.199. The van der Waals surface area contributed by atoms with Crippen LogP contribution in [-0.4, -0.2) is 17.7 Å². The second-order valence-electron chi connectivity index (χ2n) is 4.05. The summed E-state index contributed by atoms with van der Waals surface area (Å²) in [7, 11) is 0. The molecule has 2 nitrogen and oxygen atoms in total. The molecule has 0 aliphatic carbocycles. The van der Waals surface area contributed by atoms with E-state index in [0.717, 1.165) is 18.3 Å². The lowest BCUT2D eigenvalue weighted by Crippen LogP contribution is -2.54. The van der Waals surface area contributed by atoms with Crippen molar-refractivity contribution < 1.29 is 17.6 Å². The van der Waals surface area contributed by atoms with Crippen LogP contribution in [0.3, 0.4) is 0 Å². The second kappa shape index (κ2) is 5.65. The van der Waals surface area contributed by atoms with Crippen molar-refractivity contribution in [3.8, 4) is 0 Å². The van der Waals surface area contributed by atoms with Crippen molar-refractivity contribution in [2.24, 2.45) is 0 Å². The maximum atomic E-state index is 13.3. The van der Waals surface area contributed by atoms with Crippen molar-refractivity contribution in [3.05, 3.63) is 29.8 Å². The number of pyridine rings is 1. The Balaban J connectivity index is 3.21. The zero-order chi connectivity index (χ0) is 13.8. The molecular formula is C12H16F4N2. The molecule has 1 heterocycles. The molecule has 0 aliphatic rings. The number of nitrogens with one attached hydrogen (secondary N) is 1. The molecule has 1 unspecified atom stereocenters. The molecule has 0 bridgehead atoms. The average molecular weight is 264 g/mol. The van der Waals surface area contributed by atoms with Crippen molar-refractivity contribution in [1.82, 2.24) is 10.3 Å². The zero-order valence-corrected chi connectivity index (χ0v) is 10.3. The summed E-state index contributed by atoms with van der Waals surface area (Å²) in [6.45, 7) is 3.43. The third-order valence-corrected chi connectivity index (χ3v) is 2.86. The minimum Gasteiger partial charge on any atom is -0.299 e. The number of aromatic nitrogens is 1. The van der Waals surface area contributed by atoms with Gasteiger partial charge in [0, 0.05) is 0 Å². The van der Waals surface area contributed by atoms with E-state index in [-0.39, 0.29) is 18.7 Å². The van der Waals surface area contributed by atoms with E-state index < -0.39 is 17.5 Å². The van der Waals surface area contributed by atoms with Crippen molar-refractivity contribution >= 4 is 0 Å². The number of alkyl halides is 3. The van der Waals surface area contributed by atoms with Crippen LogP contribution < -0.4 is 5.32 Å². The Kier molecular flexibility index (Phi) is 4.67. The maximum Gasteiger partial charge on any atom is 0.412 e. The number of halogens is 4. The predicted octanol–water partition coefficient (Wildman–Crippen LogP) is 3.39. The summed E-state index contributed by atoms with van der Waals surface area (Å²) in [5, 5.41) is 2.50. The third-order valence-electron chi connectivity index (χ3n) is 2.86.